The Morgan fingerprint density at radius 2 is 1.95 bits per heavy atom. The Kier molecular flexibility index (Phi) is 3.80. The van der Waals surface area contributed by atoms with Gasteiger partial charge in [0.05, 0.1) is 17.9 Å². The van der Waals surface area contributed by atoms with Gasteiger partial charge in [-0.25, -0.2) is 4.98 Å². The molecule has 0 bridgehead atoms. The second kappa shape index (κ2) is 5.60. The third-order valence-corrected chi connectivity index (χ3v) is 4.48. The number of anilines is 1. The van der Waals surface area contributed by atoms with Gasteiger partial charge >= 0.3 is 6.18 Å². The smallest absolute Gasteiger partial charge is 0.377 e. The normalized spacial score (nSPS) is 18.1. The van der Waals surface area contributed by atoms with Crippen molar-refractivity contribution in [2.24, 2.45) is 0 Å². The molecule has 0 saturated heterocycles. The summed E-state index contributed by atoms with van der Waals surface area (Å²) < 4.78 is 37.5. The quantitative estimate of drug-likeness (QED) is 0.866. The Morgan fingerprint density at radius 3 is 2.67 bits per heavy atom. The first kappa shape index (κ1) is 14.3. The molecule has 0 spiro atoms. The van der Waals surface area contributed by atoms with Crippen LogP contribution < -0.4 is 5.32 Å². The molecule has 1 aliphatic heterocycles. The number of pyridine rings is 1. The van der Waals surface area contributed by atoms with E-state index in [0.29, 0.717) is 5.69 Å². The largest absolute Gasteiger partial charge is 0.433 e. The summed E-state index contributed by atoms with van der Waals surface area (Å²) in [5.74, 6) is 0.989. The van der Waals surface area contributed by atoms with Gasteiger partial charge < -0.3 is 5.32 Å². The number of alkyl halides is 3. The van der Waals surface area contributed by atoms with Gasteiger partial charge in [-0.1, -0.05) is 18.2 Å². The summed E-state index contributed by atoms with van der Waals surface area (Å²) in [6, 6.07) is 10.6. The number of hydrogen-bond acceptors (Lipinski definition) is 3. The third kappa shape index (κ3) is 3.15. The first-order chi connectivity index (χ1) is 10.0. The van der Waals surface area contributed by atoms with Crippen LogP contribution in [0.4, 0.5) is 18.9 Å². The van der Waals surface area contributed by atoms with Gasteiger partial charge in [0, 0.05) is 10.6 Å². The van der Waals surface area contributed by atoms with E-state index >= 15 is 0 Å². The van der Waals surface area contributed by atoms with Crippen molar-refractivity contribution in [3.05, 3.63) is 53.9 Å². The second-order valence-corrected chi connectivity index (χ2v) is 5.94. The molecular weight excluding hydrogens is 297 g/mol. The van der Waals surface area contributed by atoms with Crippen LogP contribution in [0.25, 0.3) is 0 Å². The Balaban J connectivity index is 1.79. The lowest BCUT2D eigenvalue weighted by Crippen LogP contribution is -2.16. The van der Waals surface area contributed by atoms with Crippen molar-refractivity contribution in [2.45, 2.75) is 23.5 Å². The maximum absolute atomic E-state index is 12.5. The van der Waals surface area contributed by atoms with Crippen LogP contribution in [-0.4, -0.2) is 10.7 Å². The molecule has 110 valence electrons. The molecule has 0 fully saturated rings. The summed E-state index contributed by atoms with van der Waals surface area (Å²) in [5, 5.41) is 3.27. The van der Waals surface area contributed by atoms with E-state index in [0.717, 1.165) is 18.2 Å². The molecule has 1 aliphatic rings. The van der Waals surface area contributed by atoms with Crippen molar-refractivity contribution in [3.63, 3.8) is 0 Å². The summed E-state index contributed by atoms with van der Waals surface area (Å²) in [5.41, 5.74) is 0.927. The molecule has 0 aliphatic carbocycles. The van der Waals surface area contributed by atoms with Crippen molar-refractivity contribution < 1.29 is 13.2 Å². The Labute approximate surface area is 124 Å². The maximum Gasteiger partial charge on any atom is 0.433 e. The SMILES string of the molecule is FC(F)(F)c1ccc(NC2CCSc3ccccc32)cn1. The van der Waals surface area contributed by atoms with Crippen LogP contribution in [0.15, 0.2) is 47.5 Å². The maximum atomic E-state index is 12.5. The van der Waals surface area contributed by atoms with Crippen LogP contribution in [0.1, 0.15) is 23.7 Å². The zero-order valence-electron chi connectivity index (χ0n) is 11.0. The van der Waals surface area contributed by atoms with Crippen molar-refractivity contribution in [3.8, 4) is 0 Å². The Bertz CT molecular complexity index is 626. The van der Waals surface area contributed by atoms with Crippen molar-refractivity contribution in [1.29, 1.82) is 0 Å². The lowest BCUT2D eigenvalue weighted by molar-refractivity contribution is -0.141. The van der Waals surface area contributed by atoms with E-state index in [1.807, 2.05) is 12.1 Å². The molecule has 21 heavy (non-hydrogen) atoms. The standard InChI is InChI=1S/C15H13F3N2S/c16-15(17,18)14-6-5-10(9-19-14)20-12-7-8-21-13-4-2-1-3-11(12)13/h1-6,9,12,20H,7-8H2. The van der Waals surface area contributed by atoms with E-state index < -0.39 is 11.9 Å². The summed E-state index contributed by atoms with van der Waals surface area (Å²) in [6.45, 7) is 0. The number of halogens is 3. The zero-order valence-corrected chi connectivity index (χ0v) is 11.8. The minimum absolute atomic E-state index is 0.112. The number of fused-ring (bicyclic) bond motifs is 1. The lowest BCUT2D eigenvalue weighted by atomic mass is 10.0. The predicted molar refractivity (Wildman–Crippen MR) is 77.4 cm³/mol. The summed E-state index contributed by atoms with van der Waals surface area (Å²) in [6.07, 6.45) is -2.22. The van der Waals surface area contributed by atoms with Gasteiger partial charge in [0.15, 0.2) is 0 Å². The molecule has 1 aromatic heterocycles. The first-order valence-electron chi connectivity index (χ1n) is 6.55. The van der Waals surface area contributed by atoms with Gasteiger partial charge in [-0.05, 0) is 30.2 Å². The molecule has 1 N–H and O–H groups in total. The number of aromatic nitrogens is 1. The molecule has 0 radical (unpaired) electrons. The van der Waals surface area contributed by atoms with Crippen LogP contribution in [0.3, 0.4) is 0 Å². The molecule has 3 rings (SSSR count). The van der Waals surface area contributed by atoms with E-state index in [9.17, 15) is 13.2 Å². The first-order valence-corrected chi connectivity index (χ1v) is 7.54. The van der Waals surface area contributed by atoms with Gasteiger partial charge in [0.1, 0.15) is 5.69 Å². The minimum atomic E-state index is -4.40. The van der Waals surface area contributed by atoms with Crippen LogP contribution in [0, 0.1) is 0 Å². The van der Waals surface area contributed by atoms with E-state index in [1.54, 1.807) is 11.8 Å². The summed E-state index contributed by atoms with van der Waals surface area (Å²) in [7, 11) is 0. The molecule has 0 saturated carbocycles. The number of hydrogen-bond donors (Lipinski definition) is 1. The summed E-state index contributed by atoms with van der Waals surface area (Å²) in [4.78, 5) is 4.70. The zero-order chi connectivity index (χ0) is 14.9. The molecule has 1 atom stereocenters. The van der Waals surface area contributed by atoms with Gasteiger partial charge in [-0.2, -0.15) is 13.2 Å². The minimum Gasteiger partial charge on any atom is -0.377 e. The van der Waals surface area contributed by atoms with Crippen molar-refractivity contribution in [1.82, 2.24) is 4.98 Å². The molecule has 1 aromatic carbocycles. The highest BCUT2D eigenvalue weighted by Crippen LogP contribution is 2.37. The second-order valence-electron chi connectivity index (χ2n) is 4.80. The van der Waals surface area contributed by atoms with Crippen LogP contribution in [0.5, 0.6) is 0 Å². The molecule has 6 heteroatoms. The van der Waals surface area contributed by atoms with Crippen LogP contribution in [0.2, 0.25) is 0 Å². The Morgan fingerprint density at radius 1 is 1.14 bits per heavy atom. The van der Waals surface area contributed by atoms with E-state index in [4.69, 9.17) is 0 Å². The highest BCUT2D eigenvalue weighted by Gasteiger charge is 2.32. The fraction of sp³-hybridized carbons (Fsp3) is 0.267. The van der Waals surface area contributed by atoms with Crippen molar-refractivity contribution in [2.75, 3.05) is 11.1 Å². The number of rotatable bonds is 2. The van der Waals surface area contributed by atoms with Crippen LogP contribution >= 0.6 is 11.8 Å². The Hall–Kier alpha value is -1.69. The summed E-state index contributed by atoms with van der Waals surface area (Å²) >= 11 is 1.80. The highest BCUT2D eigenvalue weighted by atomic mass is 32.2. The van der Waals surface area contributed by atoms with Gasteiger partial charge in [-0.15, -0.1) is 11.8 Å². The molecule has 1 unspecified atom stereocenters. The fourth-order valence-electron chi connectivity index (χ4n) is 2.34. The average Bonchev–Trinajstić information content (AvgIpc) is 2.47. The molecule has 2 aromatic rings. The molecular formula is C15H13F3N2S. The van der Waals surface area contributed by atoms with Crippen LogP contribution in [-0.2, 0) is 6.18 Å². The lowest BCUT2D eigenvalue weighted by Gasteiger charge is -2.26. The molecule has 2 heterocycles. The van der Waals surface area contributed by atoms with Gasteiger partial charge in [-0.3, -0.25) is 0 Å². The van der Waals surface area contributed by atoms with E-state index in [2.05, 4.69) is 22.4 Å². The third-order valence-electron chi connectivity index (χ3n) is 3.35. The van der Waals surface area contributed by atoms with Gasteiger partial charge in [0.25, 0.3) is 0 Å². The average molecular weight is 310 g/mol. The number of nitrogens with one attached hydrogen (secondary N) is 1. The number of benzene rings is 1. The topological polar surface area (TPSA) is 24.9 Å². The monoisotopic (exact) mass is 310 g/mol. The molecule has 0 amide bonds. The predicted octanol–water partition coefficient (Wildman–Crippen LogP) is 4.75. The van der Waals surface area contributed by atoms with Crippen molar-refractivity contribution >= 4 is 17.4 Å². The van der Waals surface area contributed by atoms with E-state index in [-0.39, 0.29) is 6.04 Å². The van der Waals surface area contributed by atoms with E-state index in [1.165, 1.54) is 22.7 Å². The molecule has 2 nitrogen and oxygen atoms in total. The van der Waals surface area contributed by atoms with Gasteiger partial charge in [0.2, 0.25) is 0 Å². The fourth-order valence-corrected chi connectivity index (χ4v) is 3.47. The number of nitrogens with zero attached hydrogens (tertiary/aromatic N) is 1. The highest BCUT2D eigenvalue weighted by molar-refractivity contribution is 7.99. The number of thioether (sulfide) groups is 1.